The Morgan fingerprint density at radius 1 is 1.15 bits per heavy atom. The Balaban J connectivity index is 1.43. The molecule has 0 radical (unpaired) electrons. The van der Waals surface area contributed by atoms with E-state index in [0.717, 1.165) is 50.9 Å². The number of aromatic nitrogens is 1. The average Bonchev–Trinajstić information content (AvgIpc) is 3.52. The molecule has 2 amide bonds. The molecule has 1 aliphatic rings. The predicted molar refractivity (Wildman–Crippen MR) is 160 cm³/mol. The van der Waals surface area contributed by atoms with Gasteiger partial charge < -0.3 is 25.6 Å². The van der Waals surface area contributed by atoms with Gasteiger partial charge in [-0.25, -0.2) is 9.37 Å². The van der Waals surface area contributed by atoms with Crippen molar-refractivity contribution in [3.63, 3.8) is 0 Å². The van der Waals surface area contributed by atoms with Gasteiger partial charge in [0.2, 0.25) is 5.91 Å². The van der Waals surface area contributed by atoms with Crippen LogP contribution < -0.4 is 16.0 Å². The molecule has 4 aromatic rings. The Hall–Kier alpha value is -3.22. The molecule has 0 spiro atoms. The van der Waals surface area contributed by atoms with Gasteiger partial charge in [0, 0.05) is 68.8 Å². The Kier molecular flexibility index (Phi) is 8.87. The molecular weight excluding hydrogens is 549 g/mol. The van der Waals surface area contributed by atoms with Gasteiger partial charge in [-0.1, -0.05) is 12.1 Å². The summed E-state index contributed by atoms with van der Waals surface area (Å²) in [5.41, 5.74) is 4.49. The highest BCUT2D eigenvalue weighted by molar-refractivity contribution is 7.23. The maximum absolute atomic E-state index is 15.1. The van der Waals surface area contributed by atoms with Crippen LogP contribution >= 0.6 is 22.7 Å². The van der Waals surface area contributed by atoms with Crippen LogP contribution in [-0.4, -0.2) is 69.1 Å². The van der Waals surface area contributed by atoms with Crippen molar-refractivity contribution in [2.45, 2.75) is 19.4 Å². The fourth-order valence-electron chi connectivity index (χ4n) is 4.68. The first-order chi connectivity index (χ1) is 19.4. The number of carbonyl (C=O) groups is 2. The first-order valence-corrected chi connectivity index (χ1v) is 14.8. The summed E-state index contributed by atoms with van der Waals surface area (Å²) < 4.78 is 21.0. The van der Waals surface area contributed by atoms with E-state index >= 15 is 4.39 Å². The minimum absolute atomic E-state index is 0.0483. The molecule has 40 heavy (non-hydrogen) atoms. The maximum atomic E-state index is 15.1. The third kappa shape index (κ3) is 6.08. The second kappa shape index (κ2) is 12.5. The number of rotatable bonds is 10. The first kappa shape index (κ1) is 28.3. The molecule has 3 heterocycles. The van der Waals surface area contributed by atoms with Crippen molar-refractivity contribution < 1.29 is 18.7 Å². The first-order valence-electron chi connectivity index (χ1n) is 13.1. The molecule has 2 aromatic carbocycles. The standard InChI is InChI=1S/C29H32FN5O3S2/c1-35(2)29(37)18-4-6-19(21(30)14-18)17-5-7-22-23(15-17)39-27(33-22)26-20-8-10-32-16-24(20)40-28(26)34-25(36)9-11-31-12-13-38-3/h4-7,14-15,31-32H,8-13,16H2,1-3H3,(H,34,36). The summed E-state index contributed by atoms with van der Waals surface area (Å²) in [4.78, 5) is 32.6. The molecule has 0 aliphatic carbocycles. The molecular formula is C29H32FN5O3S2. The predicted octanol–water partition coefficient (Wildman–Crippen LogP) is 4.74. The molecule has 0 fully saturated rings. The monoisotopic (exact) mass is 581 g/mol. The van der Waals surface area contributed by atoms with E-state index in [1.165, 1.54) is 32.7 Å². The number of anilines is 1. The van der Waals surface area contributed by atoms with Gasteiger partial charge in [-0.3, -0.25) is 9.59 Å². The number of hydrogen-bond donors (Lipinski definition) is 3. The molecule has 11 heteroatoms. The Bertz CT molecular complexity index is 1550. The number of nitrogens with zero attached hydrogens (tertiary/aromatic N) is 2. The smallest absolute Gasteiger partial charge is 0.253 e. The number of fused-ring (bicyclic) bond motifs is 2. The Labute approximate surface area is 240 Å². The van der Waals surface area contributed by atoms with E-state index < -0.39 is 5.82 Å². The Morgan fingerprint density at radius 3 is 2.77 bits per heavy atom. The Morgan fingerprint density at radius 2 is 2.00 bits per heavy atom. The van der Waals surface area contributed by atoms with Crippen molar-refractivity contribution in [2.75, 3.05) is 52.8 Å². The van der Waals surface area contributed by atoms with Crippen LogP contribution in [0.5, 0.6) is 0 Å². The van der Waals surface area contributed by atoms with Gasteiger partial charge in [0.1, 0.15) is 15.8 Å². The minimum atomic E-state index is -0.446. The number of ether oxygens (including phenoxy) is 1. The van der Waals surface area contributed by atoms with Crippen LogP contribution in [0.3, 0.4) is 0 Å². The zero-order valence-electron chi connectivity index (χ0n) is 22.7. The number of amides is 2. The maximum Gasteiger partial charge on any atom is 0.253 e. The van der Waals surface area contributed by atoms with Crippen LogP contribution in [0.25, 0.3) is 31.9 Å². The number of thiophene rings is 1. The van der Waals surface area contributed by atoms with Crippen LogP contribution in [0.1, 0.15) is 27.2 Å². The lowest BCUT2D eigenvalue weighted by Crippen LogP contribution is -2.24. The average molecular weight is 582 g/mol. The number of hydrogen-bond acceptors (Lipinski definition) is 8. The third-order valence-corrected chi connectivity index (χ3v) is 8.91. The molecule has 0 bridgehead atoms. The third-order valence-electron chi connectivity index (χ3n) is 6.73. The largest absolute Gasteiger partial charge is 0.383 e. The summed E-state index contributed by atoms with van der Waals surface area (Å²) in [6.45, 7) is 3.51. The van der Waals surface area contributed by atoms with Gasteiger partial charge in [0.15, 0.2) is 0 Å². The normalized spacial score (nSPS) is 12.9. The minimum Gasteiger partial charge on any atom is -0.383 e. The van der Waals surface area contributed by atoms with Crippen molar-refractivity contribution in [1.82, 2.24) is 20.5 Å². The fraction of sp³-hybridized carbons (Fsp3) is 0.345. The van der Waals surface area contributed by atoms with Crippen LogP contribution in [-0.2, 0) is 22.5 Å². The van der Waals surface area contributed by atoms with E-state index in [1.54, 1.807) is 44.7 Å². The van der Waals surface area contributed by atoms with Crippen LogP contribution in [0, 0.1) is 5.82 Å². The zero-order valence-corrected chi connectivity index (χ0v) is 24.4. The molecule has 0 atom stereocenters. The number of benzene rings is 2. The summed E-state index contributed by atoms with van der Waals surface area (Å²) in [5.74, 6) is -0.738. The second-order valence-corrected chi connectivity index (χ2v) is 11.9. The quantitative estimate of drug-likeness (QED) is 0.234. The summed E-state index contributed by atoms with van der Waals surface area (Å²) in [7, 11) is 4.93. The fourth-order valence-corrected chi connectivity index (χ4v) is 7.06. The van der Waals surface area contributed by atoms with Gasteiger partial charge in [0.05, 0.1) is 16.8 Å². The second-order valence-electron chi connectivity index (χ2n) is 9.77. The van der Waals surface area contributed by atoms with E-state index in [4.69, 9.17) is 9.72 Å². The van der Waals surface area contributed by atoms with Crippen LogP contribution in [0.2, 0.25) is 0 Å². The van der Waals surface area contributed by atoms with Gasteiger partial charge >= 0.3 is 0 Å². The lowest BCUT2D eigenvalue weighted by Gasteiger charge is -2.13. The molecule has 3 N–H and O–H groups in total. The van der Waals surface area contributed by atoms with E-state index in [2.05, 4.69) is 16.0 Å². The van der Waals surface area contributed by atoms with Crippen molar-refractivity contribution in [3.05, 3.63) is 58.2 Å². The molecule has 8 nitrogen and oxygen atoms in total. The van der Waals surface area contributed by atoms with Crippen molar-refractivity contribution in [1.29, 1.82) is 0 Å². The van der Waals surface area contributed by atoms with E-state index in [0.29, 0.717) is 37.2 Å². The van der Waals surface area contributed by atoms with Crippen molar-refractivity contribution in [2.24, 2.45) is 0 Å². The molecule has 2 aromatic heterocycles. The molecule has 1 aliphatic heterocycles. The van der Waals surface area contributed by atoms with E-state index in [-0.39, 0.29) is 11.8 Å². The van der Waals surface area contributed by atoms with Crippen LogP contribution in [0.4, 0.5) is 9.39 Å². The number of carbonyl (C=O) groups excluding carboxylic acids is 2. The molecule has 210 valence electrons. The van der Waals surface area contributed by atoms with Gasteiger partial charge in [-0.05, 0) is 48.4 Å². The number of methoxy groups -OCH3 is 1. The highest BCUT2D eigenvalue weighted by Gasteiger charge is 2.25. The zero-order chi connectivity index (χ0) is 28.2. The summed E-state index contributed by atoms with van der Waals surface area (Å²) >= 11 is 3.14. The van der Waals surface area contributed by atoms with E-state index in [9.17, 15) is 9.59 Å². The van der Waals surface area contributed by atoms with Gasteiger partial charge in [-0.15, -0.1) is 22.7 Å². The molecule has 0 saturated carbocycles. The molecule has 0 saturated heterocycles. The summed E-state index contributed by atoms with van der Waals surface area (Å²) in [5, 5.41) is 11.4. The van der Waals surface area contributed by atoms with E-state index in [1.807, 2.05) is 18.2 Å². The summed E-state index contributed by atoms with van der Waals surface area (Å²) in [6.07, 6.45) is 1.22. The molecule has 0 unspecified atom stereocenters. The molecule has 5 rings (SSSR count). The topological polar surface area (TPSA) is 95.6 Å². The van der Waals surface area contributed by atoms with Crippen LogP contribution in [0.15, 0.2) is 36.4 Å². The SMILES string of the molecule is COCCNCCC(=O)Nc1sc2c(c1-c1nc3ccc(-c4ccc(C(=O)N(C)C)cc4F)cc3s1)CCNC2. The summed E-state index contributed by atoms with van der Waals surface area (Å²) in [6, 6.07) is 10.3. The highest BCUT2D eigenvalue weighted by Crippen LogP contribution is 2.45. The van der Waals surface area contributed by atoms with Crippen molar-refractivity contribution in [3.8, 4) is 21.7 Å². The van der Waals surface area contributed by atoms with Gasteiger partial charge in [-0.2, -0.15) is 0 Å². The number of thiazole rings is 1. The highest BCUT2D eigenvalue weighted by atomic mass is 32.1. The lowest BCUT2D eigenvalue weighted by molar-refractivity contribution is -0.116. The number of nitrogens with one attached hydrogen (secondary N) is 3. The van der Waals surface area contributed by atoms with Gasteiger partial charge in [0.25, 0.3) is 5.91 Å². The van der Waals surface area contributed by atoms with Crippen molar-refractivity contribution >= 4 is 49.7 Å². The number of halogens is 1. The lowest BCUT2D eigenvalue weighted by atomic mass is 10.0.